The number of piperidine rings is 1. The largest absolute Gasteiger partial charge is 0.497 e. The minimum atomic E-state index is -0.423. The van der Waals surface area contributed by atoms with Gasteiger partial charge in [0.05, 0.1) is 7.11 Å². The van der Waals surface area contributed by atoms with Crippen LogP contribution >= 0.6 is 0 Å². The maximum Gasteiger partial charge on any atom is 0.230 e. The lowest BCUT2D eigenvalue weighted by Crippen LogP contribution is -2.59. The standard InChI is InChI=1S/C20H20FN5O2.C2H6/c1-27-14-5-6-15(16(21)10-14)17-11-19(28-25-17)23-18-7-8-22-20(24-18)26-12-3-2-4-13(26)9-12;1-2/h5-8,10-13H,2-4,9H2,1H3,(H,22,23,24);1-2H3. The molecule has 2 atom stereocenters. The number of hydrogen-bond acceptors (Lipinski definition) is 7. The van der Waals surface area contributed by atoms with E-state index in [9.17, 15) is 4.39 Å². The second-order valence-corrected chi connectivity index (χ2v) is 7.17. The van der Waals surface area contributed by atoms with Crippen LogP contribution in [0.1, 0.15) is 39.5 Å². The van der Waals surface area contributed by atoms with Crippen molar-refractivity contribution < 1.29 is 13.7 Å². The molecule has 7 nitrogen and oxygen atoms in total. The third-order valence-corrected chi connectivity index (χ3v) is 5.49. The van der Waals surface area contributed by atoms with E-state index in [-0.39, 0.29) is 0 Å². The van der Waals surface area contributed by atoms with E-state index in [2.05, 4.69) is 25.3 Å². The van der Waals surface area contributed by atoms with Crippen molar-refractivity contribution in [3.8, 4) is 17.0 Å². The van der Waals surface area contributed by atoms with Crippen LogP contribution in [0, 0.1) is 5.82 Å². The number of methoxy groups -OCH3 is 1. The fourth-order valence-corrected chi connectivity index (χ4v) is 4.09. The van der Waals surface area contributed by atoms with Gasteiger partial charge in [0.2, 0.25) is 11.8 Å². The van der Waals surface area contributed by atoms with Crippen molar-refractivity contribution in [3.05, 3.63) is 42.3 Å². The van der Waals surface area contributed by atoms with Gasteiger partial charge in [-0.1, -0.05) is 19.0 Å². The molecule has 8 heteroatoms. The summed E-state index contributed by atoms with van der Waals surface area (Å²) in [4.78, 5) is 11.4. The molecular formula is C22H26FN5O2. The molecule has 2 bridgehead atoms. The van der Waals surface area contributed by atoms with Crippen LogP contribution in [0.2, 0.25) is 0 Å². The van der Waals surface area contributed by atoms with E-state index in [1.807, 2.05) is 13.8 Å². The number of halogens is 1. The molecule has 0 saturated carbocycles. The van der Waals surface area contributed by atoms with Gasteiger partial charge in [-0.25, -0.2) is 9.37 Å². The Morgan fingerprint density at radius 3 is 2.67 bits per heavy atom. The van der Waals surface area contributed by atoms with Gasteiger partial charge in [0.25, 0.3) is 0 Å². The Hall–Kier alpha value is -3.16. The lowest BCUT2D eigenvalue weighted by Gasteiger charge is -2.52. The number of nitrogens with zero attached hydrogens (tertiary/aromatic N) is 4. The molecule has 0 amide bonds. The monoisotopic (exact) mass is 411 g/mol. The third-order valence-electron chi connectivity index (χ3n) is 5.49. The zero-order chi connectivity index (χ0) is 21.1. The zero-order valence-electron chi connectivity index (χ0n) is 17.4. The van der Waals surface area contributed by atoms with E-state index in [1.165, 1.54) is 38.9 Å². The summed E-state index contributed by atoms with van der Waals surface area (Å²) in [6.07, 6.45) is 6.67. The Morgan fingerprint density at radius 2 is 1.97 bits per heavy atom. The summed E-state index contributed by atoms with van der Waals surface area (Å²) in [6, 6.07) is 9.15. The molecule has 4 heterocycles. The Kier molecular flexibility index (Phi) is 5.83. The van der Waals surface area contributed by atoms with Gasteiger partial charge in [0.15, 0.2) is 0 Å². The first-order chi connectivity index (χ1) is 14.7. The van der Waals surface area contributed by atoms with Crippen LogP contribution in [-0.2, 0) is 0 Å². The molecule has 3 aromatic rings. The molecule has 0 aliphatic carbocycles. The molecule has 5 rings (SSSR count). The van der Waals surface area contributed by atoms with Gasteiger partial charge in [0, 0.05) is 36.0 Å². The van der Waals surface area contributed by atoms with Crippen molar-refractivity contribution in [1.29, 1.82) is 0 Å². The van der Waals surface area contributed by atoms with Gasteiger partial charge < -0.3 is 19.5 Å². The van der Waals surface area contributed by atoms with Crippen LogP contribution in [0.15, 0.2) is 41.1 Å². The summed E-state index contributed by atoms with van der Waals surface area (Å²) >= 11 is 0. The van der Waals surface area contributed by atoms with Crippen molar-refractivity contribution in [2.45, 2.75) is 51.6 Å². The maximum absolute atomic E-state index is 14.3. The number of nitrogens with one attached hydrogen (secondary N) is 1. The highest BCUT2D eigenvalue weighted by molar-refractivity contribution is 5.65. The van der Waals surface area contributed by atoms with Crippen LogP contribution in [0.5, 0.6) is 5.75 Å². The van der Waals surface area contributed by atoms with Crippen LogP contribution in [-0.4, -0.2) is 34.3 Å². The molecule has 2 aliphatic rings. The predicted octanol–water partition coefficient (Wildman–Crippen LogP) is 5.18. The summed E-state index contributed by atoms with van der Waals surface area (Å²) < 4.78 is 24.6. The molecule has 158 valence electrons. The quantitative estimate of drug-likeness (QED) is 0.620. The molecule has 0 spiro atoms. The first-order valence-corrected chi connectivity index (χ1v) is 10.4. The number of benzene rings is 1. The highest BCUT2D eigenvalue weighted by Gasteiger charge is 2.42. The van der Waals surface area contributed by atoms with Crippen molar-refractivity contribution in [3.63, 3.8) is 0 Å². The highest BCUT2D eigenvalue weighted by Crippen LogP contribution is 2.40. The lowest BCUT2D eigenvalue weighted by molar-refractivity contribution is 0.239. The van der Waals surface area contributed by atoms with Crippen molar-refractivity contribution in [2.24, 2.45) is 0 Å². The van der Waals surface area contributed by atoms with E-state index in [1.54, 1.807) is 30.5 Å². The van der Waals surface area contributed by atoms with Gasteiger partial charge in [-0.2, -0.15) is 4.98 Å². The second kappa shape index (κ2) is 8.69. The number of rotatable bonds is 5. The van der Waals surface area contributed by atoms with E-state index in [0.29, 0.717) is 40.8 Å². The van der Waals surface area contributed by atoms with Gasteiger partial charge in [-0.15, -0.1) is 0 Å². The molecule has 2 fully saturated rings. The van der Waals surface area contributed by atoms with Crippen LogP contribution < -0.4 is 15.0 Å². The van der Waals surface area contributed by atoms with Crippen molar-refractivity contribution in [1.82, 2.24) is 15.1 Å². The fraction of sp³-hybridized carbons (Fsp3) is 0.409. The zero-order valence-corrected chi connectivity index (χ0v) is 17.4. The molecule has 2 saturated heterocycles. The number of fused-ring (bicyclic) bond motifs is 2. The summed E-state index contributed by atoms with van der Waals surface area (Å²) in [5, 5.41) is 7.05. The molecule has 2 unspecified atom stereocenters. The summed E-state index contributed by atoms with van der Waals surface area (Å²) in [6.45, 7) is 4.00. The number of aromatic nitrogens is 3. The summed E-state index contributed by atoms with van der Waals surface area (Å²) in [7, 11) is 1.50. The summed E-state index contributed by atoms with van der Waals surface area (Å²) in [5.41, 5.74) is 0.739. The molecule has 30 heavy (non-hydrogen) atoms. The Labute approximate surface area is 175 Å². The Bertz CT molecular complexity index is 995. The Balaban J connectivity index is 0.00000106. The number of anilines is 3. The first-order valence-electron chi connectivity index (χ1n) is 10.4. The van der Waals surface area contributed by atoms with Gasteiger partial charge in [0.1, 0.15) is 23.1 Å². The van der Waals surface area contributed by atoms with Gasteiger partial charge >= 0.3 is 0 Å². The maximum atomic E-state index is 14.3. The van der Waals surface area contributed by atoms with Crippen LogP contribution in [0.3, 0.4) is 0 Å². The smallest absolute Gasteiger partial charge is 0.230 e. The van der Waals surface area contributed by atoms with E-state index < -0.39 is 5.82 Å². The minimum Gasteiger partial charge on any atom is -0.497 e. The fourth-order valence-electron chi connectivity index (χ4n) is 4.09. The van der Waals surface area contributed by atoms with Crippen LogP contribution in [0.4, 0.5) is 22.0 Å². The van der Waals surface area contributed by atoms with Gasteiger partial charge in [-0.05, 0) is 43.9 Å². The topological polar surface area (TPSA) is 76.3 Å². The third kappa shape index (κ3) is 3.81. The van der Waals surface area contributed by atoms with E-state index >= 15 is 0 Å². The van der Waals surface area contributed by atoms with Gasteiger partial charge in [-0.3, -0.25) is 0 Å². The average molecular weight is 411 g/mol. The number of ether oxygens (including phenoxy) is 1. The first kappa shape index (κ1) is 20.1. The lowest BCUT2D eigenvalue weighted by atomic mass is 9.80. The van der Waals surface area contributed by atoms with Crippen molar-refractivity contribution >= 4 is 17.7 Å². The normalized spacial score (nSPS) is 19.4. The van der Waals surface area contributed by atoms with E-state index in [0.717, 1.165) is 5.95 Å². The Morgan fingerprint density at radius 1 is 1.17 bits per heavy atom. The minimum absolute atomic E-state index is 0.342. The second-order valence-electron chi connectivity index (χ2n) is 7.17. The predicted molar refractivity (Wildman–Crippen MR) is 114 cm³/mol. The molecule has 0 radical (unpaired) electrons. The average Bonchev–Trinajstić information content (AvgIpc) is 3.24. The molecule has 1 N–H and O–H groups in total. The summed E-state index contributed by atoms with van der Waals surface area (Å²) in [5.74, 6) is 1.78. The molecule has 1 aromatic carbocycles. The molecular weight excluding hydrogens is 385 g/mol. The SMILES string of the molecule is CC.COc1ccc(-c2cc(Nc3ccnc(N4C5CCCC4C5)n3)on2)c(F)c1. The molecule has 2 aliphatic heterocycles. The van der Waals surface area contributed by atoms with Crippen molar-refractivity contribution in [2.75, 3.05) is 17.3 Å². The molecule has 2 aromatic heterocycles. The van der Waals surface area contributed by atoms with Crippen LogP contribution in [0.25, 0.3) is 11.3 Å². The van der Waals surface area contributed by atoms with E-state index in [4.69, 9.17) is 9.26 Å². The highest BCUT2D eigenvalue weighted by atomic mass is 19.1. The number of hydrogen-bond donors (Lipinski definition) is 1.